The van der Waals surface area contributed by atoms with Crippen molar-refractivity contribution in [2.24, 2.45) is 0 Å². The maximum atomic E-state index is 12.6. The van der Waals surface area contributed by atoms with E-state index >= 15 is 0 Å². The minimum absolute atomic E-state index is 0.0437. The highest BCUT2D eigenvalue weighted by atomic mass is 32.2. The molecule has 3 atom stereocenters. The Hall–Kier alpha value is -1.13. The van der Waals surface area contributed by atoms with E-state index in [1.54, 1.807) is 31.2 Å². The fraction of sp³-hybridized carbons (Fsp3) is 0.500. The van der Waals surface area contributed by atoms with E-state index in [4.69, 9.17) is 4.74 Å². The van der Waals surface area contributed by atoms with Crippen LogP contribution in [0.1, 0.15) is 33.6 Å². The van der Waals surface area contributed by atoms with E-state index in [9.17, 15) is 8.42 Å². The molecule has 1 unspecified atom stereocenters. The first-order valence-electron chi connectivity index (χ1n) is 7.08. The van der Waals surface area contributed by atoms with E-state index < -0.39 is 15.1 Å². The second-order valence-electron chi connectivity index (χ2n) is 5.32. The topological polar surface area (TPSA) is 43.4 Å². The summed E-state index contributed by atoms with van der Waals surface area (Å²) in [6, 6.07) is 8.61. The van der Waals surface area contributed by atoms with Gasteiger partial charge in [-0.25, -0.2) is 8.42 Å². The molecule has 0 N–H and O–H groups in total. The minimum Gasteiger partial charge on any atom is -0.369 e. The van der Waals surface area contributed by atoms with Gasteiger partial charge in [0, 0.05) is 0 Å². The van der Waals surface area contributed by atoms with Gasteiger partial charge in [-0.2, -0.15) is 0 Å². The van der Waals surface area contributed by atoms with Gasteiger partial charge in [0.1, 0.15) is 0 Å². The van der Waals surface area contributed by atoms with Crippen LogP contribution in [0.25, 0.3) is 0 Å². The third kappa shape index (κ3) is 2.96. The fourth-order valence-electron chi connectivity index (χ4n) is 2.55. The van der Waals surface area contributed by atoms with E-state index in [1.807, 2.05) is 13.0 Å². The Morgan fingerprint density at radius 2 is 1.95 bits per heavy atom. The zero-order valence-corrected chi connectivity index (χ0v) is 13.1. The lowest BCUT2D eigenvalue weighted by Gasteiger charge is -2.32. The molecule has 0 saturated heterocycles. The van der Waals surface area contributed by atoms with Crippen LogP contribution in [0, 0.1) is 0 Å². The summed E-state index contributed by atoms with van der Waals surface area (Å²) in [6.07, 6.45) is 3.42. The molecule has 0 radical (unpaired) electrons. The second-order valence-corrected chi connectivity index (χ2v) is 7.62. The zero-order chi connectivity index (χ0) is 14.8. The molecule has 0 amide bonds. The van der Waals surface area contributed by atoms with Crippen molar-refractivity contribution in [2.45, 2.75) is 56.0 Å². The van der Waals surface area contributed by atoms with E-state index in [0.717, 1.165) is 6.42 Å². The van der Waals surface area contributed by atoms with Gasteiger partial charge in [-0.3, -0.25) is 0 Å². The first-order chi connectivity index (χ1) is 9.46. The Morgan fingerprint density at radius 3 is 2.55 bits per heavy atom. The molecule has 1 aliphatic heterocycles. The third-order valence-corrected chi connectivity index (χ3v) is 6.19. The Bertz CT molecular complexity index is 575. The molecular formula is C16H22O3S. The molecule has 1 aliphatic rings. The first-order valence-corrected chi connectivity index (χ1v) is 8.62. The van der Waals surface area contributed by atoms with Crippen LogP contribution in [0.4, 0.5) is 0 Å². The molecule has 0 bridgehead atoms. The number of benzene rings is 1. The quantitative estimate of drug-likeness (QED) is 0.800. The summed E-state index contributed by atoms with van der Waals surface area (Å²) >= 11 is 0. The van der Waals surface area contributed by atoms with Gasteiger partial charge in [0.15, 0.2) is 9.84 Å². The summed E-state index contributed by atoms with van der Waals surface area (Å²) in [7, 11) is -3.34. The van der Waals surface area contributed by atoms with Gasteiger partial charge >= 0.3 is 0 Å². The molecule has 1 aromatic carbocycles. The predicted octanol–water partition coefficient (Wildman–Crippen LogP) is 3.36. The second kappa shape index (κ2) is 6.10. The van der Waals surface area contributed by atoms with Gasteiger partial charge in [-0.05, 0) is 44.4 Å². The average Bonchev–Trinajstić information content (AvgIpc) is 2.48. The van der Waals surface area contributed by atoms with Crippen molar-refractivity contribution in [3.63, 3.8) is 0 Å². The molecule has 110 valence electrons. The maximum Gasteiger partial charge on any atom is 0.183 e. The Labute approximate surface area is 121 Å². The van der Waals surface area contributed by atoms with E-state index in [2.05, 4.69) is 13.0 Å². The van der Waals surface area contributed by atoms with Crippen molar-refractivity contribution in [3.05, 3.63) is 42.0 Å². The van der Waals surface area contributed by atoms with E-state index in [1.165, 1.54) is 5.57 Å². The SMILES string of the molecule is CC[C@H]1O[C@@H](C(C)S(=O)(=O)c2ccccc2)CC=C1C. The summed E-state index contributed by atoms with van der Waals surface area (Å²) in [6.45, 7) is 5.84. The van der Waals surface area contributed by atoms with Gasteiger partial charge in [-0.15, -0.1) is 0 Å². The number of rotatable bonds is 4. The Balaban J connectivity index is 2.22. The molecule has 0 saturated carbocycles. The molecule has 0 fully saturated rings. The molecule has 4 heteroatoms. The lowest BCUT2D eigenvalue weighted by molar-refractivity contribution is -0.00225. The molecule has 2 rings (SSSR count). The number of hydrogen-bond acceptors (Lipinski definition) is 3. The Morgan fingerprint density at radius 1 is 1.30 bits per heavy atom. The molecule has 0 aliphatic carbocycles. The summed E-state index contributed by atoms with van der Waals surface area (Å²) in [4.78, 5) is 0.371. The summed E-state index contributed by atoms with van der Waals surface area (Å²) in [5.74, 6) is 0. The highest BCUT2D eigenvalue weighted by molar-refractivity contribution is 7.92. The smallest absolute Gasteiger partial charge is 0.183 e. The van der Waals surface area contributed by atoms with Crippen LogP contribution in [0.2, 0.25) is 0 Å². The normalized spacial score (nSPS) is 25.1. The summed E-state index contributed by atoms with van der Waals surface area (Å²) in [5, 5.41) is -0.539. The van der Waals surface area contributed by atoms with Crippen molar-refractivity contribution in [1.29, 1.82) is 0 Å². The van der Waals surface area contributed by atoms with Crippen molar-refractivity contribution in [3.8, 4) is 0 Å². The Kier molecular flexibility index (Phi) is 4.66. The zero-order valence-electron chi connectivity index (χ0n) is 12.2. The number of sulfone groups is 1. The lowest BCUT2D eigenvalue weighted by atomic mass is 10.0. The molecule has 3 nitrogen and oxygen atoms in total. The number of ether oxygens (including phenoxy) is 1. The van der Waals surface area contributed by atoms with E-state index in [0.29, 0.717) is 11.3 Å². The molecule has 0 spiro atoms. The highest BCUT2D eigenvalue weighted by Gasteiger charge is 2.34. The van der Waals surface area contributed by atoms with Crippen LogP contribution in [0.5, 0.6) is 0 Å². The van der Waals surface area contributed by atoms with Gasteiger partial charge in [0.2, 0.25) is 0 Å². The van der Waals surface area contributed by atoms with Crippen molar-refractivity contribution >= 4 is 9.84 Å². The molecule has 0 aromatic heterocycles. The lowest BCUT2D eigenvalue weighted by Crippen LogP contribution is -2.38. The van der Waals surface area contributed by atoms with Crippen LogP contribution in [-0.2, 0) is 14.6 Å². The van der Waals surface area contributed by atoms with Crippen molar-refractivity contribution < 1.29 is 13.2 Å². The van der Waals surface area contributed by atoms with Gasteiger partial charge in [0.25, 0.3) is 0 Å². The molecule has 1 aromatic rings. The summed E-state index contributed by atoms with van der Waals surface area (Å²) < 4.78 is 31.2. The largest absolute Gasteiger partial charge is 0.369 e. The molecule has 1 heterocycles. The number of hydrogen-bond donors (Lipinski definition) is 0. The van der Waals surface area contributed by atoms with Crippen LogP contribution >= 0.6 is 0 Å². The van der Waals surface area contributed by atoms with Gasteiger partial charge in [-0.1, -0.05) is 31.2 Å². The van der Waals surface area contributed by atoms with Crippen LogP contribution < -0.4 is 0 Å². The highest BCUT2D eigenvalue weighted by Crippen LogP contribution is 2.28. The van der Waals surface area contributed by atoms with Crippen LogP contribution in [0.3, 0.4) is 0 Å². The van der Waals surface area contributed by atoms with Crippen molar-refractivity contribution in [1.82, 2.24) is 0 Å². The van der Waals surface area contributed by atoms with Crippen LogP contribution in [0.15, 0.2) is 46.9 Å². The van der Waals surface area contributed by atoms with Crippen LogP contribution in [-0.4, -0.2) is 25.9 Å². The fourth-order valence-corrected chi connectivity index (χ4v) is 4.09. The maximum absolute atomic E-state index is 12.6. The van der Waals surface area contributed by atoms with Gasteiger partial charge < -0.3 is 4.74 Å². The predicted molar refractivity (Wildman–Crippen MR) is 80.4 cm³/mol. The monoisotopic (exact) mass is 294 g/mol. The van der Waals surface area contributed by atoms with Crippen molar-refractivity contribution in [2.75, 3.05) is 0 Å². The summed E-state index contributed by atoms with van der Waals surface area (Å²) in [5.41, 5.74) is 1.20. The van der Waals surface area contributed by atoms with E-state index in [-0.39, 0.29) is 12.2 Å². The standard InChI is InChI=1S/C16H22O3S/c1-4-15-12(2)10-11-16(19-15)13(3)20(17,18)14-8-6-5-7-9-14/h5-10,13,15-16H,4,11H2,1-3H3/t13?,15-,16-/m1/s1. The first kappa shape index (κ1) is 15.3. The molecule has 20 heavy (non-hydrogen) atoms. The molecular weight excluding hydrogens is 272 g/mol. The third-order valence-electron chi connectivity index (χ3n) is 3.97. The average molecular weight is 294 g/mol. The van der Waals surface area contributed by atoms with Gasteiger partial charge in [0.05, 0.1) is 22.4 Å². The minimum atomic E-state index is -3.34.